The van der Waals surface area contributed by atoms with Crippen molar-refractivity contribution in [2.45, 2.75) is 37.1 Å². The number of hydrogen-bond acceptors (Lipinski definition) is 5. The van der Waals surface area contributed by atoms with Gasteiger partial charge in [0.15, 0.2) is 0 Å². The summed E-state index contributed by atoms with van der Waals surface area (Å²) in [6.07, 6.45) is 2.55. The van der Waals surface area contributed by atoms with Crippen molar-refractivity contribution >= 4 is 21.8 Å². The van der Waals surface area contributed by atoms with Crippen LogP contribution in [0.5, 0.6) is 0 Å². The van der Waals surface area contributed by atoms with Crippen LogP contribution in [0.1, 0.15) is 43.4 Å². The van der Waals surface area contributed by atoms with E-state index in [1.54, 1.807) is 24.3 Å². The lowest BCUT2D eigenvalue weighted by atomic mass is 9.95. The van der Waals surface area contributed by atoms with E-state index in [1.807, 2.05) is 18.2 Å². The predicted octanol–water partition coefficient (Wildman–Crippen LogP) is 2.70. The van der Waals surface area contributed by atoms with E-state index in [1.165, 1.54) is 18.4 Å². The van der Waals surface area contributed by atoms with E-state index in [4.69, 9.17) is 0 Å². The van der Waals surface area contributed by atoms with Crippen molar-refractivity contribution in [2.75, 3.05) is 26.2 Å². The molecule has 2 aliphatic heterocycles. The molecule has 1 fully saturated rings. The molecule has 0 aromatic heterocycles. The molecule has 2 aliphatic rings. The highest BCUT2D eigenvalue weighted by molar-refractivity contribution is 7.90. The van der Waals surface area contributed by atoms with Crippen LogP contribution in [0, 0.1) is 5.92 Å². The van der Waals surface area contributed by atoms with Gasteiger partial charge in [0.2, 0.25) is 5.91 Å². The smallest absolute Gasteiger partial charge is 0.263 e. The van der Waals surface area contributed by atoms with Crippen LogP contribution in [0.3, 0.4) is 0 Å². The Morgan fingerprint density at radius 3 is 2.56 bits per heavy atom. The zero-order valence-electron chi connectivity index (χ0n) is 18.3. The van der Waals surface area contributed by atoms with E-state index in [0.29, 0.717) is 17.9 Å². The SMILES string of the molecule is CC1CCN(C(CNC(=O)CCN=C2NS(=O)(=O)c3ccccc32)c2ccccc2)CC1. The lowest BCUT2D eigenvalue weighted by Gasteiger charge is -2.37. The Kier molecular flexibility index (Phi) is 6.91. The van der Waals surface area contributed by atoms with Crippen molar-refractivity contribution in [3.05, 3.63) is 65.7 Å². The highest BCUT2D eigenvalue weighted by atomic mass is 32.2. The highest BCUT2D eigenvalue weighted by Gasteiger charge is 2.30. The fraction of sp³-hybridized carbons (Fsp3) is 0.417. The van der Waals surface area contributed by atoms with Gasteiger partial charge in [-0.25, -0.2) is 8.42 Å². The van der Waals surface area contributed by atoms with Crippen LogP contribution in [-0.4, -0.2) is 51.2 Å². The molecule has 2 N–H and O–H groups in total. The van der Waals surface area contributed by atoms with Crippen molar-refractivity contribution in [1.29, 1.82) is 0 Å². The summed E-state index contributed by atoms with van der Waals surface area (Å²) in [5, 5.41) is 3.06. The maximum atomic E-state index is 12.5. The lowest BCUT2D eigenvalue weighted by molar-refractivity contribution is -0.121. The van der Waals surface area contributed by atoms with Crippen LogP contribution in [0.2, 0.25) is 0 Å². The Hall–Kier alpha value is -2.71. The van der Waals surface area contributed by atoms with Gasteiger partial charge in [0.1, 0.15) is 5.84 Å². The fourth-order valence-electron chi connectivity index (χ4n) is 4.29. The molecular formula is C24H30N4O3S. The molecule has 1 amide bonds. The second kappa shape index (κ2) is 9.83. The Bertz CT molecular complexity index is 1080. The number of amidine groups is 1. The Morgan fingerprint density at radius 2 is 1.81 bits per heavy atom. The number of amides is 1. The van der Waals surface area contributed by atoms with Crippen molar-refractivity contribution in [3.63, 3.8) is 0 Å². The standard InChI is InChI=1S/C24H30N4O3S/c1-18-12-15-28(16-13-18)21(19-7-3-2-4-8-19)17-26-23(29)11-14-25-24-20-9-5-6-10-22(20)32(30,31)27-24/h2-10,18,21H,11-17H2,1H3,(H,25,27)(H,26,29). The second-order valence-corrected chi connectivity index (χ2v) is 10.2. The largest absolute Gasteiger partial charge is 0.354 e. The zero-order valence-corrected chi connectivity index (χ0v) is 19.1. The minimum atomic E-state index is -3.56. The molecule has 1 atom stereocenters. The molecule has 0 bridgehead atoms. The van der Waals surface area contributed by atoms with Crippen LogP contribution < -0.4 is 10.0 Å². The first-order valence-corrected chi connectivity index (χ1v) is 12.6. The fourth-order valence-corrected chi connectivity index (χ4v) is 5.54. The zero-order chi connectivity index (χ0) is 22.6. The van der Waals surface area contributed by atoms with E-state index in [9.17, 15) is 13.2 Å². The number of aliphatic imine (C=N–C) groups is 1. The summed E-state index contributed by atoms with van der Waals surface area (Å²) in [7, 11) is -3.56. The number of rotatable bonds is 7. The molecule has 2 aromatic rings. The highest BCUT2D eigenvalue weighted by Crippen LogP contribution is 2.26. The topological polar surface area (TPSA) is 90.9 Å². The van der Waals surface area contributed by atoms with Crippen molar-refractivity contribution in [3.8, 4) is 0 Å². The van der Waals surface area contributed by atoms with Crippen LogP contribution in [0.25, 0.3) is 0 Å². The molecule has 0 aliphatic carbocycles. The average molecular weight is 455 g/mol. The minimum absolute atomic E-state index is 0.0882. The van der Waals surface area contributed by atoms with Gasteiger partial charge in [-0.3, -0.25) is 19.4 Å². The van der Waals surface area contributed by atoms with Gasteiger partial charge in [0, 0.05) is 18.5 Å². The predicted molar refractivity (Wildman–Crippen MR) is 125 cm³/mol. The van der Waals surface area contributed by atoms with Crippen molar-refractivity contribution in [1.82, 2.24) is 14.9 Å². The minimum Gasteiger partial charge on any atom is -0.354 e. The van der Waals surface area contributed by atoms with E-state index in [2.05, 4.69) is 39.0 Å². The molecule has 170 valence electrons. The summed E-state index contributed by atoms with van der Waals surface area (Å²) >= 11 is 0. The Labute approximate surface area is 190 Å². The second-order valence-electron chi connectivity index (χ2n) is 8.53. The molecule has 0 saturated carbocycles. The number of sulfonamides is 1. The van der Waals surface area contributed by atoms with Crippen LogP contribution >= 0.6 is 0 Å². The first kappa shape index (κ1) is 22.5. The van der Waals surface area contributed by atoms with Gasteiger partial charge in [-0.05, 0) is 49.5 Å². The number of hydrogen-bond donors (Lipinski definition) is 2. The van der Waals surface area contributed by atoms with Crippen molar-refractivity contribution < 1.29 is 13.2 Å². The number of carbonyl (C=O) groups excluding carboxylic acids is 1. The molecule has 0 spiro atoms. The number of piperidine rings is 1. The third-order valence-corrected chi connectivity index (χ3v) is 7.60. The summed E-state index contributed by atoms with van der Waals surface area (Å²) in [6.45, 7) is 5.12. The van der Waals surface area contributed by atoms with Gasteiger partial charge < -0.3 is 5.32 Å². The molecule has 32 heavy (non-hydrogen) atoms. The molecule has 2 heterocycles. The lowest BCUT2D eigenvalue weighted by Crippen LogP contribution is -2.42. The van der Waals surface area contributed by atoms with Gasteiger partial charge in [-0.2, -0.15) is 0 Å². The molecule has 1 unspecified atom stereocenters. The molecule has 7 nitrogen and oxygen atoms in total. The first-order chi connectivity index (χ1) is 15.4. The summed E-state index contributed by atoms with van der Waals surface area (Å²) in [6, 6.07) is 17.2. The summed E-state index contributed by atoms with van der Waals surface area (Å²) in [4.78, 5) is 19.5. The van der Waals surface area contributed by atoms with E-state index in [0.717, 1.165) is 19.0 Å². The number of likely N-dealkylation sites (tertiary alicyclic amines) is 1. The molecule has 8 heteroatoms. The van der Waals surface area contributed by atoms with Crippen LogP contribution in [0.15, 0.2) is 64.5 Å². The van der Waals surface area contributed by atoms with Crippen LogP contribution in [0.4, 0.5) is 0 Å². The molecule has 2 aromatic carbocycles. The molecular weight excluding hydrogens is 424 g/mol. The third kappa shape index (κ3) is 5.19. The summed E-state index contributed by atoms with van der Waals surface area (Å²) < 4.78 is 26.8. The number of benzene rings is 2. The van der Waals surface area contributed by atoms with E-state index < -0.39 is 10.0 Å². The van der Waals surface area contributed by atoms with Gasteiger partial charge in [0.05, 0.1) is 17.5 Å². The van der Waals surface area contributed by atoms with Gasteiger partial charge in [-0.1, -0.05) is 49.4 Å². The maximum absolute atomic E-state index is 12.5. The number of nitrogens with one attached hydrogen (secondary N) is 2. The summed E-state index contributed by atoms with van der Waals surface area (Å²) in [5.41, 5.74) is 1.76. The van der Waals surface area contributed by atoms with Gasteiger partial charge in [-0.15, -0.1) is 0 Å². The monoisotopic (exact) mass is 454 g/mol. The first-order valence-electron chi connectivity index (χ1n) is 11.2. The van der Waals surface area contributed by atoms with Crippen LogP contribution in [-0.2, 0) is 14.8 Å². The normalized spacial score (nSPS) is 20.5. The van der Waals surface area contributed by atoms with Gasteiger partial charge in [0.25, 0.3) is 10.0 Å². The summed E-state index contributed by atoms with van der Waals surface area (Å²) in [5.74, 6) is 0.960. The molecule has 4 rings (SSSR count). The molecule has 0 radical (unpaired) electrons. The Balaban J connectivity index is 1.35. The third-order valence-electron chi connectivity index (χ3n) is 6.21. The van der Waals surface area contributed by atoms with Gasteiger partial charge >= 0.3 is 0 Å². The number of nitrogens with zero attached hydrogens (tertiary/aromatic N) is 2. The number of carbonyl (C=O) groups is 1. The molecule has 1 saturated heterocycles. The van der Waals surface area contributed by atoms with E-state index in [-0.39, 0.29) is 29.8 Å². The quantitative estimate of drug-likeness (QED) is 0.673. The average Bonchev–Trinajstić information content (AvgIpc) is 3.06. The van der Waals surface area contributed by atoms with Crippen molar-refractivity contribution in [2.24, 2.45) is 10.9 Å². The Morgan fingerprint density at radius 1 is 1.12 bits per heavy atom. The maximum Gasteiger partial charge on any atom is 0.263 e. The number of fused-ring (bicyclic) bond motifs is 1. The van der Waals surface area contributed by atoms with E-state index >= 15 is 0 Å².